The van der Waals surface area contributed by atoms with Gasteiger partial charge < -0.3 is 5.21 Å². The maximum atomic E-state index is 8.36. The Kier molecular flexibility index (Phi) is 5.44. The standard InChI is InChI=1S/C6H5I.HNO3/c7-6-4-2-1-3-5-6;2-1(3)4/h1-5H;(H,2,3,4). The zero-order chi connectivity index (χ0) is 8.69. The predicted octanol–water partition coefficient (Wildman–Crippen LogP) is 1.94. The van der Waals surface area contributed by atoms with Crippen LogP contribution in [0.3, 0.4) is 0 Å². The van der Waals surface area contributed by atoms with E-state index in [4.69, 9.17) is 15.3 Å². The third-order valence-corrected chi connectivity index (χ3v) is 1.45. The first-order valence-electron chi connectivity index (χ1n) is 2.66. The van der Waals surface area contributed by atoms with E-state index >= 15 is 0 Å². The summed E-state index contributed by atoms with van der Waals surface area (Å²) in [7, 11) is 0. The van der Waals surface area contributed by atoms with Crippen molar-refractivity contribution in [2.45, 2.75) is 0 Å². The normalized spacial score (nSPS) is 7.73. The van der Waals surface area contributed by atoms with Crippen LogP contribution in [0.15, 0.2) is 30.3 Å². The number of hydrogen-bond acceptors (Lipinski definition) is 2. The van der Waals surface area contributed by atoms with Crippen LogP contribution in [-0.4, -0.2) is 10.3 Å². The molecule has 0 atom stereocenters. The van der Waals surface area contributed by atoms with Crippen LogP contribution in [0, 0.1) is 13.7 Å². The summed E-state index contributed by atoms with van der Waals surface area (Å²) in [5, 5.41) is 13.6. The summed E-state index contributed by atoms with van der Waals surface area (Å²) >= 11 is 2.28. The van der Waals surface area contributed by atoms with E-state index in [1.807, 2.05) is 18.2 Å². The summed E-state index contributed by atoms with van der Waals surface area (Å²) in [6, 6.07) is 10.2. The second-order valence-electron chi connectivity index (χ2n) is 1.53. The van der Waals surface area contributed by atoms with Gasteiger partial charge in [-0.3, -0.25) is 0 Å². The maximum absolute atomic E-state index is 8.36. The lowest BCUT2D eigenvalue weighted by molar-refractivity contribution is -0.742. The van der Waals surface area contributed by atoms with Crippen molar-refractivity contribution >= 4 is 22.6 Å². The van der Waals surface area contributed by atoms with Gasteiger partial charge in [-0.2, -0.15) is 0 Å². The van der Waals surface area contributed by atoms with Crippen LogP contribution < -0.4 is 0 Å². The van der Waals surface area contributed by atoms with Gasteiger partial charge in [0.1, 0.15) is 0 Å². The van der Waals surface area contributed by atoms with Gasteiger partial charge in [0.05, 0.1) is 0 Å². The van der Waals surface area contributed by atoms with Crippen LogP contribution in [0.4, 0.5) is 0 Å². The van der Waals surface area contributed by atoms with E-state index in [1.165, 1.54) is 3.57 Å². The Hall–Kier alpha value is -0.850. The second kappa shape index (κ2) is 5.90. The van der Waals surface area contributed by atoms with E-state index in [9.17, 15) is 0 Å². The number of rotatable bonds is 0. The molecule has 0 spiro atoms. The average Bonchev–Trinajstić information content (AvgIpc) is 1.87. The van der Waals surface area contributed by atoms with Crippen molar-refractivity contribution < 1.29 is 10.3 Å². The minimum atomic E-state index is -1.50. The van der Waals surface area contributed by atoms with Crippen LogP contribution in [0.5, 0.6) is 0 Å². The van der Waals surface area contributed by atoms with Crippen LogP contribution in [-0.2, 0) is 0 Å². The predicted molar refractivity (Wildman–Crippen MR) is 47.9 cm³/mol. The van der Waals surface area contributed by atoms with Gasteiger partial charge in [-0.1, -0.05) is 18.2 Å². The van der Waals surface area contributed by atoms with E-state index in [-0.39, 0.29) is 0 Å². The highest BCUT2D eigenvalue weighted by Gasteiger charge is 1.74. The Morgan fingerprint density at radius 2 is 1.73 bits per heavy atom. The highest BCUT2D eigenvalue weighted by atomic mass is 127. The first-order valence-corrected chi connectivity index (χ1v) is 3.74. The van der Waals surface area contributed by atoms with E-state index in [0.717, 1.165) is 0 Å². The Bertz CT molecular complexity index is 210. The molecule has 0 amide bonds. The van der Waals surface area contributed by atoms with Crippen LogP contribution in [0.1, 0.15) is 0 Å². The lowest BCUT2D eigenvalue weighted by Gasteiger charge is -1.80. The first-order chi connectivity index (χ1) is 5.13. The van der Waals surface area contributed by atoms with Gasteiger partial charge >= 0.3 is 0 Å². The first kappa shape index (κ1) is 10.2. The lowest BCUT2D eigenvalue weighted by Crippen LogP contribution is -1.81. The molecule has 0 radical (unpaired) electrons. The molecule has 5 heteroatoms. The molecule has 1 aromatic rings. The van der Waals surface area contributed by atoms with Crippen molar-refractivity contribution in [3.05, 3.63) is 44.0 Å². The Morgan fingerprint density at radius 3 is 1.91 bits per heavy atom. The fourth-order valence-corrected chi connectivity index (χ4v) is 0.830. The Morgan fingerprint density at radius 1 is 1.36 bits per heavy atom. The van der Waals surface area contributed by atoms with E-state index < -0.39 is 5.09 Å². The van der Waals surface area contributed by atoms with Crippen LogP contribution in [0.2, 0.25) is 0 Å². The minimum absolute atomic E-state index is 1.29. The summed E-state index contributed by atoms with van der Waals surface area (Å²) in [6.45, 7) is 0. The molecule has 1 N–H and O–H groups in total. The molecule has 1 aromatic carbocycles. The van der Waals surface area contributed by atoms with Crippen molar-refractivity contribution in [2.75, 3.05) is 0 Å². The fourth-order valence-electron chi connectivity index (χ4n) is 0.415. The Balaban J connectivity index is 0.000000218. The highest BCUT2D eigenvalue weighted by Crippen LogP contribution is 1.99. The quantitative estimate of drug-likeness (QED) is 0.444. The average molecular weight is 267 g/mol. The molecule has 0 heterocycles. The minimum Gasteiger partial charge on any atom is -0.328 e. The summed E-state index contributed by atoms with van der Waals surface area (Å²) in [5.41, 5.74) is 0. The molecule has 0 bridgehead atoms. The van der Waals surface area contributed by atoms with Gasteiger partial charge in [-0.15, -0.1) is 10.1 Å². The van der Waals surface area contributed by atoms with Crippen molar-refractivity contribution in [1.29, 1.82) is 0 Å². The molecule has 0 unspecified atom stereocenters. The van der Waals surface area contributed by atoms with Gasteiger partial charge in [-0.05, 0) is 34.7 Å². The number of nitrogens with zero attached hydrogens (tertiary/aromatic N) is 1. The second-order valence-corrected chi connectivity index (χ2v) is 2.78. The van der Waals surface area contributed by atoms with E-state index in [0.29, 0.717) is 0 Å². The summed E-state index contributed by atoms with van der Waals surface area (Å²) < 4.78 is 1.29. The summed E-state index contributed by atoms with van der Waals surface area (Å²) in [6.07, 6.45) is 0. The van der Waals surface area contributed by atoms with Gasteiger partial charge in [-0.25, -0.2) is 0 Å². The molecule has 11 heavy (non-hydrogen) atoms. The van der Waals surface area contributed by atoms with Gasteiger partial charge in [0.2, 0.25) is 0 Å². The largest absolute Gasteiger partial charge is 0.328 e. The van der Waals surface area contributed by atoms with Gasteiger partial charge in [0.25, 0.3) is 5.09 Å². The van der Waals surface area contributed by atoms with Crippen molar-refractivity contribution in [3.63, 3.8) is 0 Å². The van der Waals surface area contributed by atoms with E-state index in [1.54, 1.807) is 0 Å². The summed E-state index contributed by atoms with van der Waals surface area (Å²) in [4.78, 5) is 8.36. The number of hydrogen-bond donors (Lipinski definition) is 1. The fraction of sp³-hybridized carbons (Fsp3) is 0. The topological polar surface area (TPSA) is 63.4 Å². The molecule has 0 aromatic heterocycles. The lowest BCUT2D eigenvalue weighted by atomic mass is 10.4. The third kappa shape index (κ3) is 9.15. The molecule has 0 aliphatic heterocycles. The monoisotopic (exact) mass is 267 g/mol. The van der Waals surface area contributed by atoms with Gasteiger partial charge in [0.15, 0.2) is 0 Å². The van der Waals surface area contributed by atoms with Crippen LogP contribution >= 0.6 is 22.6 Å². The molecule has 0 aliphatic rings. The number of halogens is 1. The van der Waals surface area contributed by atoms with Crippen LogP contribution in [0.25, 0.3) is 0 Å². The van der Waals surface area contributed by atoms with Gasteiger partial charge in [0, 0.05) is 3.57 Å². The zero-order valence-corrected chi connectivity index (χ0v) is 7.63. The number of benzene rings is 1. The highest BCUT2D eigenvalue weighted by molar-refractivity contribution is 14.1. The molecular weight excluding hydrogens is 261 g/mol. The molecule has 0 aliphatic carbocycles. The third-order valence-electron chi connectivity index (χ3n) is 0.733. The van der Waals surface area contributed by atoms with E-state index in [2.05, 4.69) is 34.7 Å². The SMILES string of the molecule is Ic1ccccc1.O=[N+]([O-])O. The molecule has 0 fully saturated rings. The molecular formula is C6H6INO3. The summed E-state index contributed by atoms with van der Waals surface area (Å²) in [5.74, 6) is 0. The Labute approximate surface area is 77.1 Å². The molecule has 60 valence electrons. The molecule has 4 nitrogen and oxygen atoms in total. The zero-order valence-electron chi connectivity index (χ0n) is 5.48. The van der Waals surface area contributed by atoms with Crippen molar-refractivity contribution in [1.82, 2.24) is 0 Å². The van der Waals surface area contributed by atoms with Crippen molar-refractivity contribution in [2.24, 2.45) is 0 Å². The van der Waals surface area contributed by atoms with Crippen molar-refractivity contribution in [3.8, 4) is 0 Å². The smallest absolute Gasteiger partial charge is 0.291 e. The molecule has 0 saturated carbocycles. The maximum Gasteiger partial charge on any atom is 0.291 e. The molecule has 0 saturated heterocycles. The molecule has 1 rings (SSSR count).